The Hall–Kier alpha value is -2.05. The minimum absolute atomic E-state index is 0.0629. The van der Waals surface area contributed by atoms with Crippen LogP contribution >= 0.6 is 0 Å². The molecule has 0 aromatic carbocycles. The fraction of sp³-hybridized carbons (Fsp3) is 0.500. The maximum atomic E-state index is 12.8. The van der Waals surface area contributed by atoms with E-state index in [0.717, 1.165) is 30.6 Å². The van der Waals surface area contributed by atoms with Crippen molar-refractivity contribution in [1.29, 1.82) is 0 Å². The lowest BCUT2D eigenvalue weighted by molar-refractivity contribution is -0.0804. The lowest BCUT2D eigenvalue weighted by atomic mass is 9.88. The number of carbonyl (C=O) groups excluding carboxylic acids is 1. The number of hydrogen-bond donors (Lipinski definition) is 2. The zero-order valence-corrected chi connectivity index (χ0v) is 13.4. The summed E-state index contributed by atoms with van der Waals surface area (Å²) in [4.78, 5) is 12.8. The van der Waals surface area contributed by atoms with Crippen molar-refractivity contribution < 1.29 is 23.5 Å². The molecule has 2 aromatic heterocycles. The summed E-state index contributed by atoms with van der Waals surface area (Å²) in [7, 11) is 0. The monoisotopic (exact) mass is 331 g/mol. The molecule has 1 aliphatic carbocycles. The van der Waals surface area contributed by atoms with Crippen molar-refractivity contribution in [2.45, 2.75) is 43.7 Å². The predicted octanol–water partition coefficient (Wildman–Crippen LogP) is 2.68. The van der Waals surface area contributed by atoms with Crippen LogP contribution in [0, 0.1) is 0 Å². The van der Waals surface area contributed by atoms with Gasteiger partial charge in [-0.05, 0) is 25.0 Å². The predicted molar refractivity (Wildman–Crippen MR) is 84.5 cm³/mol. The first-order valence-corrected chi connectivity index (χ1v) is 8.43. The molecule has 128 valence electrons. The highest BCUT2D eigenvalue weighted by Gasteiger charge is 2.38. The molecule has 2 aromatic rings. The minimum atomic E-state index is -1.14. The van der Waals surface area contributed by atoms with Crippen LogP contribution in [0.3, 0.4) is 0 Å². The smallest absolute Gasteiger partial charge is 0.255 e. The number of nitrogens with one attached hydrogen (secondary N) is 1. The number of aryl methyl sites for hydroxylation is 1. The summed E-state index contributed by atoms with van der Waals surface area (Å²) >= 11 is 0. The number of furan rings is 2. The van der Waals surface area contributed by atoms with Gasteiger partial charge in [-0.2, -0.15) is 0 Å². The minimum Gasteiger partial charge on any atom is -0.469 e. The summed E-state index contributed by atoms with van der Waals surface area (Å²) < 4.78 is 16.3. The lowest BCUT2D eigenvalue weighted by Crippen LogP contribution is -2.36. The van der Waals surface area contributed by atoms with Gasteiger partial charge in [-0.3, -0.25) is 4.79 Å². The molecule has 1 atom stereocenters. The summed E-state index contributed by atoms with van der Waals surface area (Å²) in [6.07, 6.45) is 6.75. The highest BCUT2D eigenvalue weighted by molar-refractivity contribution is 5.95. The van der Waals surface area contributed by atoms with Gasteiger partial charge in [0.1, 0.15) is 17.1 Å². The maximum Gasteiger partial charge on any atom is 0.255 e. The lowest BCUT2D eigenvalue weighted by Gasteiger charge is -2.31. The third-order valence-electron chi connectivity index (χ3n) is 5.01. The second-order valence-corrected chi connectivity index (χ2v) is 6.52. The molecule has 0 saturated carbocycles. The zero-order valence-electron chi connectivity index (χ0n) is 13.4. The Kier molecular flexibility index (Phi) is 3.94. The van der Waals surface area contributed by atoms with E-state index in [0.29, 0.717) is 37.4 Å². The number of ether oxygens (including phenoxy) is 1. The Morgan fingerprint density at radius 1 is 1.21 bits per heavy atom. The number of rotatable bonds is 3. The Balaban J connectivity index is 1.55. The first-order valence-electron chi connectivity index (χ1n) is 8.43. The molecule has 2 N–H and O–H groups in total. The molecule has 2 aliphatic rings. The first-order chi connectivity index (χ1) is 11.7. The van der Waals surface area contributed by atoms with Crippen LogP contribution in [0.2, 0.25) is 0 Å². The SMILES string of the molecule is O=C(NC1CCCc2occc21)c1ccoc1C1(O)CCOCC1. The van der Waals surface area contributed by atoms with Crippen LogP contribution in [-0.4, -0.2) is 24.2 Å². The molecule has 1 unspecified atom stereocenters. The fourth-order valence-corrected chi connectivity index (χ4v) is 3.66. The standard InChI is InChI=1S/C18H21NO5/c20-17(19-14-2-1-3-15-12(14)4-8-23-15)13-5-9-24-16(13)18(21)6-10-22-11-7-18/h4-5,8-9,14,21H,1-3,6-7,10-11H2,(H,19,20). The van der Waals surface area contributed by atoms with Gasteiger partial charge in [0.15, 0.2) is 0 Å². The number of fused-ring (bicyclic) bond motifs is 1. The van der Waals surface area contributed by atoms with E-state index in [1.54, 1.807) is 12.3 Å². The number of aliphatic hydroxyl groups is 1. The number of carbonyl (C=O) groups is 1. The number of hydrogen-bond acceptors (Lipinski definition) is 5. The van der Waals surface area contributed by atoms with E-state index in [1.165, 1.54) is 6.26 Å². The molecule has 0 bridgehead atoms. The Morgan fingerprint density at radius 3 is 2.83 bits per heavy atom. The Morgan fingerprint density at radius 2 is 2.00 bits per heavy atom. The van der Waals surface area contributed by atoms with Gasteiger partial charge >= 0.3 is 0 Å². The van der Waals surface area contributed by atoms with Crippen molar-refractivity contribution in [3.8, 4) is 0 Å². The van der Waals surface area contributed by atoms with E-state index in [4.69, 9.17) is 13.6 Å². The van der Waals surface area contributed by atoms with Gasteiger partial charge in [-0.1, -0.05) is 0 Å². The highest BCUT2D eigenvalue weighted by Crippen LogP contribution is 2.35. The van der Waals surface area contributed by atoms with Crippen molar-refractivity contribution in [2.24, 2.45) is 0 Å². The summed E-state index contributed by atoms with van der Waals surface area (Å²) in [6, 6.07) is 3.48. The van der Waals surface area contributed by atoms with Crippen LogP contribution in [0.15, 0.2) is 33.5 Å². The third-order valence-corrected chi connectivity index (χ3v) is 5.01. The first kappa shape index (κ1) is 15.5. The van der Waals surface area contributed by atoms with E-state index in [-0.39, 0.29) is 11.9 Å². The van der Waals surface area contributed by atoms with Gasteiger partial charge in [-0.25, -0.2) is 0 Å². The van der Waals surface area contributed by atoms with E-state index in [2.05, 4.69) is 5.32 Å². The summed E-state index contributed by atoms with van der Waals surface area (Å²) in [5.74, 6) is 1.06. The zero-order chi connectivity index (χ0) is 16.6. The fourth-order valence-electron chi connectivity index (χ4n) is 3.66. The third kappa shape index (κ3) is 2.65. The Labute approximate surface area is 139 Å². The van der Waals surface area contributed by atoms with Gasteiger partial charge in [0.25, 0.3) is 5.91 Å². The Bertz CT molecular complexity index is 725. The largest absolute Gasteiger partial charge is 0.469 e. The number of amides is 1. The van der Waals surface area contributed by atoms with Crippen LogP contribution in [0.4, 0.5) is 0 Å². The quantitative estimate of drug-likeness (QED) is 0.903. The van der Waals surface area contributed by atoms with Crippen LogP contribution < -0.4 is 5.32 Å². The van der Waals surface area contributed by atoms with Crippen molar-refractivity contribution >= 4 is 5.91 Å². The van der Waals surface area contributed by atoms with Crippen LogP contribution in [0.1, 0.15) is 59.2 Å². The van der Waals surface area contributed by atoms with E-state index >= 15 is 0 Å². The average molecular weight is 331 g/mol. The highest BCUT2D eigenvalue weighted by atomic mass is 16.5. The van der Waals surface area contributed by atoms with Gasteiger partial charge in [0.05, 0.1) is 24.1 Å². The average Bonchev–Trinajstić information content (AvgIpc) is 3.25. The molecule has 1 aliphatic heterocycles. The van der Waals surface area contributed by atoms with Crippen LogP contribution in [0.5, 0.6) is 0 Å². The molecule has 1 saturated heterocycles. The van der Waals surface area contributed by atoms with E-state index in [1.807, 2.05) is 6.07 Å². The topological polar surface area (TPSA) is 84.8 Å². The molecule has 1 amide bonds. The van der Waals surface area contributed by atoms with Crippen molar-refractivity contribution in [3.05, 3.63) is 47.3 Å². The van der Waals surface area contributed by atoms with Crippen molar-refractivity contribution in [3.63, 3.8) is 0 Å². The summed E-state index contributed by atoms with van der Waals surface area (Å²) in [5, 5.41) is 13.9. The molecule has 24 heavy (non-hydrogen) atoms. The van der Waals surface area contributed by atoms with E-state index in [9.17, 15) is 9.90 Å². The van der Waals surface area contributed by atoms with Crippen LogP contribution in [0.25, 0.3) is 0 Å². The summed E-state index contributed by atoms with van der Waals surface area (Å²) in [5.41, 5.74) is 0.307. The second kappa shape index (κ2) is 6.11. The van der Waals surface area contributed by atoms with Gasteiger partial charge < -0.3 is 24.0 Å². The molecule has 0 spiro atoms. The molecule has 3 heterocycles. The van der Waals surface area contributed by atoms with Crippen LogP contribution in [-0.2, 0) is 16.8 Å². The molecule has 6 heteroatoms. The molecule has 6 nitrogen and oxygen atoms in total. The van der Waals surface area contributed by atoms with Crippen molar-refractivity contribution in [1.82, 2.24) is 5.32 Å². The normalized spacial score (nSPS) is 22.8. The molecular formula is C18H21NO5. The maximum absolute atomic E-state index is 12.8. The molecule has 4 rings (SSSR count). The van der Waals surface area contributed by atoms with Gasteiger partial charge in [0, 0.05) is 38.0 Å². The van der Waals surface area contributed by atoms with Gasteiger partial charge in [0.2, 0.25) is 0 Å². The second-order valence-electron chi connectivity index (χ2n) is 6.52. The molecular weight excluding hydrogens is 310 g/mol. The van der Waals surface area contributed by atoms with E-state index < -0.39 is 5.60 Å². The molecule has 1 fully saturated rings. The molecule has 0 radical (unpaired) electrons. The summed E-state index contributed by atoms with van der Waals surface area (Å²) in [6.45, 7) is 0.915. The van der Waals surface area contributed by atoms with Gasteiger partial charge in [-0.15, -0.1) is 0 Å². The van der Waals surface area contributed by atoms with Crippen molar-refractivity contribution in [2.75, 3.05) is 13.2 Å².